The van der Waals surface area contributed by atoms with Crippen LogP contribution < -0.4 is 0 Å². The van der Waals surface area contributed by atoms with E-state index in [1.807, 2.05) is 12.1 Å². The average molecular weight is 286 g/mol. The third-order valence-electron chi connectivity index (χ3n) is 4.19. The SMILES string of the molecule is CCC1CCCC(OCc2cccc(C#CCCO)c2)C1. The van der Waals surface area contributed by atoms with Gasteiger partial charge in [0.1, 0.15) is 0 Å². The number of hydrogen-bond acceptors (Lipinski definition) is 2. The second kappa shape index (κ2) is 8.87. The maximum absolute atomic E-state index is 8.75. The van der Waals surface area contributed by atoms with Crippen molar-refractivity contribution in [2.75, 3.05) is 6.61 Å². The molecule has 2 atom stereocenters. The molecule has 21 heavy (non-hydrogen) atoms. The van der Waals surface area contributed by atoms with E-state index in [0.29, 0.717) is 19.1 Å². The Kier molecular flexibility index (Phi) is 6.79. The minimum Gasteiger partial charge on any atom is -0.395 e. The molecule has 1 N–H and O–H groups in total. The van der Waals surface area contributed by atoms with Crippen molar-refractivity contribution in [2.24, 2.45) is 5.92 Å². The lowest BCUT2D eigenvalue weighted by Crippen LogP contribution is -2.22. The molecule has 1 aliphatic carbocycles. The van der Waals surface area contributed by atoms with Gasteiger partial charge in [-0.1, -0.05) is 50.2 Å². The van der Waals surface area contributed by atoms with Crippen LogP contribution in [0.25, 0.3) is 0 Å². The number of aliphatic hydroxyl groups is 1. The molecule has 2 nitrogen and oxygen atoms in total. The minimum atomic E-state index is 0.121. The fourth-order valence-corrected chi connectivity index (χ4v) is 2.94. The van der Waals surface area contributed by atoms with Gasteiger partial charge in [0, 0.05) is 12.0 Å². The Morgan fingerprint density at radius 2 is 2.24 bits per heavy atom. The van der Waals surface area contributed by atoms with Gasteiger partial charge in [-0.25, -0.2) is 0 Å². The normalized spacial score (nSPS) is 21.6. The maximum Gasteiger partial charge on any atom is 0.0721 e. The zero-order valence-corrected chi connectivity index (χ0v) is 13.0. The highest BCUT2D eigenvalue weighted by molar-refractivity contribution is 5.36. The first-order valence-electron chi connectivity index (χ1n) is 8.12. The molecule has 0 aromatic heterocycles. The first-order valence-corrected chi connectivity index (χ1v) is 8.12. The zero-order valence-electron chi connectivity index (χ0n) is 13.0. The first-order chi connectivity index (χ1) is 10.3. The highest BCUT2D eigenvalue weighted by Crippen LogP contribution is 2.28. The van der Waals surface area contributed by atoms with Gasteiger partial charge >= 0.3 is 0 Å². The summed E-state index contributed by atoms with van der Waals surface area (Å²) in [6.07, 6.45) is 7.31. The summed E-state index contributed by atoms with van der Waals surface area (Å²) < 4.78 is 6.09. The van der Waals surface area contributed by atoms with Crippen LogP contribution in [0.4, 0.5) is 0 Å². The molecule has 2 unspecified atom stereocenters. The van der Waals surface area contributed by atoms with Crippen LogP contribution in [0, 0.1) is 17.8 Å². The zero-order chi connectivity index (χ0) is 14.9. The minimum absolute atomic E-state index is 0.121. The van der Waals surface area contributed by atoms with Crippen molar-refractivity contribution in [2.45, 2.75) is 58.2 Å². The Bertz CT molecular complexity index is 484. The standard InChI is InChI=1S/C19H26O2/c1-2-16-8-6-11-19(14-16)21-15-18-10-5-9-17(13-18)7-3-4-12-20/h5,9-10,13,16,19-20H,2,4,6,8,11-12,14-15H2,1H3. The summed E-state index contributed by atoms with van der Waals surface area (Å²) in [6.45, 7) is 3.08. The largest absolute Gasteiger partial charge is 0.395 e. The molecule has 114 valence electrons. The van der Waals surface area contributed by atoms with Gasteiger partial charge in [0.2, 0.25) is 0 Å². The van der Waals surface area contributed by atoms with Crippen LogP contribution >= 0.6 is 0 Å². The second-order valence-corrected chi connectivity index (χ2v) is 5.85. The molecule has 0 aliphatic heterocycles. The predicted molar refractivity (Wildman–Crippen MR) is 85.8 cm³/mol. The lowest BCUT2D eigenvalue weighted by molar-refractivity contribution is 0.00176. The van der Waals surface area contributed by atoms with Crippen molar-refractivity contribution >= 4 is 0 Å². The third kappa shape index (κ3) is 5.53. The molecular formula is C19H26O2. The highest BCUT2D eigenvalue weighted by atomic mass is 16.5. The van der Waals surface area contributed by atoms with Gasteiger partial charge in [0.15, 0.2) is 0 Å². The van der Waals surface area contributed by atoms with Gasteiger partial charge < -0.3 is 9.84 Å². The number of ether oxygens (including phenoxy) is 1. The number of aliphatic hydroxyl groups excluding tert-OH is 1. The summed E-state index contributed by atoms with van der Waals surface area (Å²) in [7, 11) is 0. The van der Waals surface area contributed by atoms with Crippen LogP contribution in [0.1, 0.15) is 56.6 Å². The lowest BCUT2D eigenvalue weighted by atomic mass is 9.85. The summed E-state index contributed by atoms with van der Waals surface area (Å²) >= 11 is 0. The molecule has 1 fully saturated rings. The monoisotopic (exact) mass is 286 g/mol. The lowest BCUT2D eigenvalue weighted by Gasteiger charge is -2.28. The van der Waals surface area contributed by atoms with E-state index in [9.17, 15) is 0 Å². The fourth-order valence-electron chi connectivity index (χ4n) is 2.94. The Balaban J connectivity index is 1.85. The van der Waals surface area contributed by atoms with Crippen LogP contribution in [-0.2, 0) is 11.3 Å². The van der Waals surface area contributed by atoms with Gasteiger partial charge in [-0.2, -0.15) is 0 Å². The molecular weight excluding hydrogens is 260 g/mol. The van der Waals surface area contributed by atoms with E-state index in [1.54, 1.807) is 0 Å². The number of benzene rings is 1. The van der Waals surface area contributed by atoms with E-state index in [1.165, 1.54) is 37.7 Å². The summed E-state index contributed by atoms with van der Waals surface area (Å²) in [6, 6.07) is 8.21. The molecule has 0 amide bonds. The van der Waals surface area contributed by atoms with E-state index in [4.69, 9.17) is 9.84 Å². The van der Waals surface area contributed by atoms with Crippen molar-refractivity contribution in [1.29, 1.82) is 0 Å². The van der Waals surface area contributed by atoms with E-state index >= 15 is 0 Å². The van der Waals surface area contributed by atoms with E-state index in [2.05, 4.69) is 30.9 Å². The topological polar surface area (TPSA) is 29.5 Å². The fraction of sp³-hybridized carbons (Fsp3) is 0.579. The third-order valence-corrected chi connectivity index (χ3v) is 4.19. The van der Waals surface area contributed by atoms with Crippen molar-refractivity contribution in [3.8, 4) is 11.8 Å². The summed E-state index contributed by atoms with van der Waals surface area (Å²) in [4.78, 5) is 0. The predicted octanol–water partition coefficient (Wildman–Crippen LogP) is 3.91. The highest BCUT2D eigenvalue weighted by Gasteiger charge is 2.21. The van der Waals surface area contributed by atoms with Gasteiger partial charge in [-0.15, -0.1) is 0 Å². The number of hydrogen-bond donors (Lipinski definition) is 1. The van der Waals surface area contributed by atoms with Crippen LogP contribution in [0.5, 0.6) is 0 Å². The molecule has 0 radical (unpaired) electrons. The Labute approximate surface area is 128 Å². The Hall–Kier alpha value is -1.30. The second-order valence-electron chi connectivity index (χ2n) is 5.85. The molecule has 2 heteroatoms. The van der Waals surface area contributed by atoms with Crippen molar-refractivity contribution in [1.82, 2.24) is 0 Å². The van der Waals surface area contributed by atoms with Gasteiger partial charge in [0.05, 0.1) is 19.3 Å². The van der Waals surface area contributed by atoms with Crippen molar-refractivity contribution in [3.63, 3.8) is 0 Å². The molecule has 2 rings (SSSR count). The quantitative estimate of drug-likeness (QED) is 0.832. The summed E-state index contributed by atoms with van der Waals surface area (Å²) in [5, 5.41) is 8.75. The first kappa shape index (κ1) is 16.1. The number of rotatable bonds is 5. The van der Waals surface area contributed by atoms with E-state index in [0.717, 1.165) is 11.5 Å². The molecule has 0 heterocycles. The van der Waals surface area contributed by atoms with Crippen molar-refractivity contribution < 1.29 is 9.84 Å². The molecule has 0 saturated heterocycles. The average Bonchev–Trinajstić information content (AvgIpc) is 2.54. The Morgan fingerprint density at radius 1 is 1.33 bits per heavy atom. The summed E-state index contributed by atoms with van der Waals surface area (Å²) in [5.41, 5.74) is 2.18. The molecule has 1 saturated carbocycles. The molecule has 0 spiro atoms. The molecule has 1 aromatic rings. The van der Waals surface area contributed by atoms with Crippen molar-refractivity contribution in [3.05, 3.63) is 35.4 Å². The summed E-state index contributed by atoms with van der Waals surface area (Å²) in [5.74, 6) is 6.88. The smallest absolute Gasteiger partial charge is 0.0721 e. The van der Waals surface area contributed by atoms with Gasteiger partial charge in [0.25, 0.3) is 0 Å². The van der Waals surface area contributed by atoms with E-state index < -0.39 is 0 Å². The van der Waals surface area contributed by atoms with Gasteiger partial charge in [-0.3, -0.25) is 0 Å². The van der Waals surface area contributed by atoms with Crippen LogP contribution in [0.3, 0.4) is 0 Å². The molecule has 1 aromatic carbocycles. The van der Waals surface area contributed by atoms with Gasteiger partial charge in [-0.05, 0) is 36.5 Å². The van der Waals surface area contributed by atoms with Crippen LogP contribution in [0.2, 0.25) is 0 Å². The molecule has 0 bridgehead atoms. The molecule has 1 aliphatic rings. The Morgan fingerprint density at radius 3 is 3.05 bits per heavy atom. The maximum atomic E-state index is 8.75. The van der Waals surface area contributed by atoms with E-state index in [-0.39, 0.29) is 6.61 Å². The van der Waals surface area contributed by atoms with Crippen LogP contribution in [-0.4, -0.2) is 17.8 Å². The van der Waals surface area contributed by atoms with Crippen LogP contribution in [0.15, 0.2) is 24.3 Å².